The van der Waals surface area contributed by atoms with Gasteiger partial charge in [0.05, 0.1) is 6.10 Å². The highest BCUT2D eigenvalue weighted by molar-refractivity contribution is 7.10. The van der Waals surface area contributed by atoms with Gasteiger partial charge < -0.3 is 5.11 Å². The lowest BCUT2D eigenvalue weighted by atomic mass is 10.1. The minimum absolute atomic E-state index is 0.127. The first-order valence-corrected chi connectivity index (χ1v) is 6.51. The smallest absolute Gasteiger partial charge is 0.0695 e. The third-order valence-corrected chi connectivity index (χ3v) is 4.58. The fourth-order valence-electron chi connectivity index (χ4n) is 2.41. The molecule has 0 radical (unpaired) electrons. The molecule has 3 atom stereocenters. The van der Waals surface area contributed by atoms with Gasteiger partial charge in [-0.1, -0.05) is 6.07 Å². The van der Waals surface area contributed by atoms with Crippen molar-refractivity contribution in [2.75, 3.05) is 7.05 Å². The Hall–Kier alpha value is -0.380. The van der Waals surface area contributed by atoms with Gasteiger partial charge in [0.25, 0.3) is 0 Å². The zero-order valence-corrected chi connectivity index (χ0v) is 10.2. The standard InChI is InChI=1S/C12H19NOS/c1-9(12-7-4-8-15-12)13(2)10-5-3-6-11(10)14/h4,7-11,14H,3,5-6H2,1-2H3/t9?,10-,11-/m0/s1. The van der Waals surface area contributed by atoms with E-state index in [1.807, 2.05) is 0 Å². The molecule has 1 unspecified atom stereocenters. The maximum Gasteiger partial charge on any atom is 0.0695 e. The van der Waals surface area contributed by atoms with E-state index in [2.05, 4.69) is 36.4 Å². The number of likely N-dealkylation sites (N-methyl/N-ethyl adjacent to an activating group) is 1. The molecule has 1 aromatic rings. The van der Waals surface area contributed by atoms with Crippen LogP contribution in [0.4, 0.5) is 0 Å². The summed E-state index contributed by atoms with van der Waals surface area (Å²) in [4.78, 5) is 3.71. The molecule has 84 valence electrons. The van der Waals surface area contributed by atoms with Crippen LogP contribution in [0.5, 0.6) is 0 Å². The molecule has 2 rings (SSSR count). The number of hydrogen-bond donors (Lipinski definition) is 1. The summed E-state index contributed by atoms with van der Waals surface area (Å²) in [5, 5.41) is 12.0. The van der Waals surface area contributed by atoms with Gasteiger partial charge in [-0.2, -0.15) is 0 Å². The van der Waals surface area contributed by atoms with Crippen molar-refractivity contribution in [3.63, 3.8) is 0 Å². The van der Waals surface area contributed by atoms with Crippen LogP contribution in [0.3, 0.4) is 0 Å². The maximum absolute atomic E-state index is 9.87. The Morgan fingerprint density at radius 3 is 2.87 bits per heavy atom. The largest absolute Gasteiger partial charge is 0.391 e. The van der Waals surface area contributed by atoms with Crippen LogP contribution >= 0.6 is 11.3 Å². The molecule has 0 bridgehead atoms. The lowest BCUT2D eigenvalue weighted by Crippen LogP contribution is -2.38. The maximum atomic E-state index is 9.87. The van der Waals surface area contributed by atoms with Crippen molar-refractivity contribution in [1.82, 2.24) is 4.90 Å². The molecule has 0 spiro atoms. The zero-order chi connectivity index (χ0) is 10.8. The van der Waals surface area contributed by atoms with Crippen LogP contribution in [0.15, 0.2) is 17.5 Å². The van der Waals surface area contributed by atoms with Crippen LogP contribution in [0, 0.1) is 0 Å². The van der Waals surface area contributed by atoms with Crippen molar-refractivity contribution in [2.24, 2.45) is 0 Å². The molecule has 0 aromatic carbocycles. The van der Waals surface area contributed by atoms with Crippen molar-refractivity contribution in [3.8, 4) is 0 Å². The zero-order valence-electron chi connectivity index (χ0n) is 9.39. The summed E-state index contributed by atoms with van der Waals surface area (Å²) in [5.74, 6) is 0. The number of thiophene rings is 1. The Bertz CT molecular complexity index is 299. The summed E-state index contributed by atoms with van der Waals surface area (Å²) < 4.78 is 0. The third-order valence-electron chi connectivity index (χ3n) is 3.53. The van der Waals surface area contributed by atoms with E-state index in [0.717, 1.165) is 19.3 Å². The van der Waals surface area contributed by atoms with Crippen molar-refractivity contribution in [2.45, 2.75) is 44.4 Å². The first-order chi connectivity index (χ1) is 7.20. The van der Waals surface area contributed by atoms with Crippen LogP contribution in [0.2, 0.25) is 0 Å². The minimum atomic E-state index is -0.127. The second kappa shape index (κ2) is 4.64. The number of aliphatic hydroxyl groups is 1. The Morgan fingerprint density at radius 1 is 1.53 bits per heavy atom. The van der Waals surface area contributed by atoms with E-state index < -0.39 is 0 Å². The molecule has 0 aliphatic heterocycles. The SMILES string of the molecule is CC(c1cccs1)N(C)[C@H]1CCC[C@@H]1O. The molecule has 1 N–H and O–H groups in total. The van der Waals surface area contributed by atoms with Crippen molar-refractivity contribution >= 4 is 11.3 Å². The molecular formula is C12H19NOS. The Balaban J connectivity index is 2.04. The van der Waals surface area contributed by atoms with Gasteiger partial charge in [-0.15, -0.1) is 11.3 Å². The van der Waals surface area contributed by atoms with Gasteiger partial charge in [-0.3, -0.25) is 4.90 Å². The predicted octanol–water partition coefficient (Wildman–Crippen LogP) is 2.65. The van der Waals surface area contributed by atoms with Crippen molar-refractivity contribution in [1.29, 1.82) is 0 Å². The molecule has 0 amide bonds. The summed E-state index contributed by atoms with van der Waals surface area (Å²) in [6.45, 7) is 2.22. The van der Waals surface area contributed by atoms with Crippen LogP contribution in [-0.4, -0.2) is 29.2 Å². The van der Waals surface area contributed by atoms with Gasteiger partial charge in [0.2, 0.25) is 0 Å². The third kappa shape index (κ3) is 2.25. The summed E-state index contributed by atoms with van der Waals surface area (Å²) in [6.07, 6.45) is 3.13. The molecule has 1 aliphatic rings. The second-order valence-corrected chi connectivity index (χ2v) is 5.40. The molecule has 2 nitrogen and oxygen atoms in total. The lowest BCUT2D eigenvalue weighted by molar-refractivity contribution is 0.0663. The quantitative estimate of drug-likeness (QED) is 0.855. The molecule has 1 aromatic heterocycles. The van der Waals surface area contributed by atoms with Gasteiger partial charge in [-0.05, 0) is 44.7 Å². The predicted molar refractivity (Wildman–Crippen MR) is 64.1 cm³/mol. The molecule has 1 fully saturated rings. The van der Waals surface area contributed by atoms with Crippen LogP contribution < -0.4 is 0 Å². The Morgan fingerprint density at radius 2 is 2.33 bits per heavy atom. The molecular weight excluding hydrogens is 206 g/mol. The average molecular weight is 225 g/mol. The van der Waals surface area contributed by atoms with Gasteiger partial charge in [-0.25, -0.2) is 0 Å². The van der Waals surface area contributed by atoms with E-state index in [9.17, 15) is 5.11 Å². The summed E-state index contributed by atoms with van der Waals surface area (Å²) >= 11 is 1.80. The van der Waals surface area contributed by atoms with E-state index in [4.69, 9.17) is 0 Å². The summed E-state index contributed by atoms with van der Waals surface area (Å²) in [5.41, 5.74) is 0. The lowest BCUT2D eigenvalue weighted by Gasteiger charge is -2.32. The number of aliphatic hydroxyl groups excluding tert-OH is 1. The van der Waals surface area contributed by atoms with E-state index >= 15 is 0 Å². The van der Waals surface area contributed by atoms with E-state index in [-0.39, 0.29) is 6.10 Å². The highest BCUT2D eigenvalue weighted by Gasteiger charge is 2.31. The number of nitrogens with zero attached hydrogens (tertiary/aromatic N) is 1. The van der Waals surface area contributed by atoms with Gasteiger partial charge in [0.15, 0.2) is 0 Å². The molecule has 1 saturated carbocycles. The monoisotopic (exact) mass is 225 g/mol. The average Bonchev–Trinajstić information content (AvgIpc) is 2.85. The fraction of sp³-hybridized carbons (Fsp3) is 0.667. The van der Waals surface area contributed by atoms with Gasteiger partial charge >= 0.3 is 0 Å². The van der Waals surface area contributed by atoms with Gasteiger partial charge in [0.1, 0.15) is 0 Å². The van der Waals surface area contributed by atoms with E-state index in [1.165, 1.54) is 4.88 Å². The number of rotatable bonds is 3. The first kappa shape index (κ1) is 11.1. The van der Waals surface area contributed by atoms with Crippen LogP contribution in [-0.2, 0) is 0 Å². The van der Waals surface area contributed by atoms with Crippen LogP contribution in [0.1, 0.15) is 37.1 Å². The molecule has 15 heavy (non-hydrogen) atoms. The topological polar surface area (TPSA) is 23.5 Å². The van der Waals surface area contributed by atoms with Crippen LogP contribution in [0.25, 0.3) is 0 Å². The van der Waals surface area contributed by atoms with E-state index in [1.54, 1.807) is 11.3 Å². The Kier molecular flexibility index (Phi) is 3.44. The van der Waals surface area contributed by atoms with Crippen molar-refractivity contribution in [3.05, 3.63) is 22.4 Å². The highest BCUT2D eigenvalue weighted by atomic mass is 32.1. The molecule has 0 saturated heterocycles. The second-order valence-electron chi connectivity index (χ2n) is 4.42. The number of hydrogen-bond acceptors (Lipinski definition) is 3. The Labute approximate surface area is 95.5 Å². The van der Waals surface area contributed by atoms with Gasteiger partial charge in [0, 0.05) is 17.0 Å². The minimum Gasteiger partial charge on any atom is -0.391 e. The van der Waals surface area contributed by atoms with Crippen molar-refractivity contribution < 1.29 is 5.11 Å². The fourth-order valence-corrected chi connectivity index (χ4v) is 3.25. The first-order valence-electron chi connectivity index (χ1n) is 5.63. The highest BCUT2D eigenvalue weighted by Crippen LogP contribution is 2.31. The summed E-state index contributed by atoms with van der Waals surface area (Å²) in [7, 11) is 2.13. The molecule has 3 heteroatoms. The molecule has 1 heterocycles. The normalized spacial score (nSPS) is 28.5. The van der Waals surface area contributed by atoms with E-state index in [0.29, 0.717) is 12.1 Å². The summed E-state index contributed by atoms with van der Waals surface area (Å²) in [6, 6.07) is 5.03. The molecule has 1 aliphatic carbocycles.